The summed E-state index contributed by atoms with van der Waals surface area (Å²) in [5.74, 6) is -0.800. The SMILES string of the molecule is Cc1noc(C)c1COc1cccc(C(=O)O[C@@H](C)C(=O)Nc2ccccc2F)c1. The number of rotatable bonds is 7. The van der Waals surface area contributed by atoms with Crippen molar-refractivity contribution in [1.29, 1.82) is 0 Å². The van der Waals surface area contributed by atoms with Gasteiger partial charge < -0.3 is 19.3 Å². The zero-order valence-electron chi connectivity index (χ0n) is 16.8. The van der Waals surface area contributed by atoms with E-state index in [1.54, 1.807) is 31.2 Å². The van der Waals surface area contributed by atoms with Gasteiger partial charge in [-0.1, -0.05) is 23.4 Å². The van der Waals surface area contributed by atoms with Crippen molar-refractivity contribution in [3.05, 3.63) is 76.9 Å². The van der Waals surface area contributed by atoms with E-state index >= 15 is 0 Å². The Bertz CT molecular complexity index is 1040. The Labute approximate surface area is 172 Å². The number of aromatic nitrogens is 1. The van der Waals surface area contributed by atoms with E-state index in [0.717, 1.165) is 11.3 Å². The van der Waals surface area contributed by atoms with Gasteiger partial charge in [0.1, 0.15) is 23.9 Å². The van der Waals surface area contributed by atoms with Crippen LogP contribution in [0.3, 0.4) is 0 Å². The van der Waals surface area contributed by atoms with Crippen molar-refractivity contribution in [1.82, 2.24) is 5.16 Å². The van der Waals surface area contributed by atoms with E-state index in [1.165, 1.54) is 31.2 Å². The van der Waals surface area contributed by atoms with Crippen LogP contribution < -0.4 is 10.1 Å². The molecule has 0 aliphatic carbocycles. The Balaban J connectivity index is 1.60. The molecule has 156 valence electrons. The lowest BCUT2D eigenvalue weighted by molar-refractivity contribution is -0.123. The smallest absolute Gasteiger partial charge is 0.339 e. The highest BCUT2D eigenvalue weighted by Gasteiger charge is 2.20. The molecule has 0 aliphatic rings. The van der Waals surface area contributed by atoms with Crippen molar-refractivity contribution >= 4 is 17.6 Å². The van der Waals surface area contributed by atoms with E-state index in [2.05, 4.69) is 10.5 Å². The average molecular weight is 412 g/mol. The van der Waals surface area contributed by atoms with Crippen molar-refractivity contribution in [3.63, 3.8) is 0 Å². The van der Waals surface area contributed by atoms with Crippen LogP contribution in [-0.2, 0) is 16.1 Å². The molecule has 8 heteroatoms. The van der Waals surface area contributed by atoms with Crippen LogP contribution in [0, 0.1) is 19.7 Å². The number of halogens is 1. The fourth-order valence-electron chi connectivity index (χ4n) is 2.66. The minimum absolute atomic E-state index is 0.0140. The summed E-state index contributed by atoms with van der Waals surface area (Å²) in [6.07, 6.45) is -1.12. The summed E-state index contributed by atoms with van der Waals surface area (Å²) >= 11 is 0. The first-order valence-corrected chi connectivity index (χ1v) is 9.26. The second-order valence-corrected chi connectivity index (χ2v) is 6.64. The molecule has 1 N–H and O–H groups in total. The lowest BCUT2D eigenvalue weighted by Gasteiger charge is -2.14. The molecule has 3 aromatic rings. The largest absolute Gasteiger partial charge is 0.489 e. The molecule has 1 atom stereocenters. The summed E-state index contributed by atoms with van der Waals surface area (Å²) in [7, 11) is 0. The third kappa shape index (κ3) is 5.02. The summed E-state index contributed by atoms with van der Waals surface area (Å²) in [5, 5.41) is 6.26. The first kappa shape index (κ1) is 21.0. The summed E-state index contributed by atoms with van der Waals surface area (Å²) < 4.78 is 29.7. The summed E-state index contributed by atoms with van der Waals surface area (Å²) in [4.78, 5) is 24.6. The maximum absolute atomic E-state index is 13.7. The molecular weight excluding hydrogens is 391 g/mol. The number of ether oxygens (including phenoxy) is 2. The van der Waals surface area contributed by atoms with Crippen molar-refractivity contribution in [2.24, 2.45) is 0 Å². The summed E-state index contributed by atoms with van der Waals surface area (Å²) in [6.45, 7) is 5.25. The number of amides is 1. The van der Waals surface area contributed by atoms with E-state index in [4.69, 9.17) is 14.0 Å². The van der Waals surface area contributed by atoms with Gasteiger partial charge in [-0.2, -0.15) is 0 Å². The number of anilines is 1. The fourth-order valence-corrected chi connectivity index (χ4v) is 2.66. The van der Waals surface area contributed by atoms with Gasteiger partial charge in [-0.3, -0.25) is 4.79 Å². The Morgan fingerprint density at radius 3 is 2.63 bits per heavy atom. The highest BCUT2D eigenvalue weighted by Crippen LogP contribution is 2.19. The molecular formula is C22H21FN2O5. The Hall–Kier alpha value is -3.68. The highest BCUT2D eigenvalue weighted by molar-refractivity contribution is 5.97. The summed E-state index contributed by atoms with van der Waals surface area (Å²) in [6, 6.07) is 12.1. The van der Waals surface area contributed by atoms with Crippen LogP contribution in [0.1, 0.15) is 34.3 Å². The number of carbonyl (C=O) groups is 2. The molecule has 2 aromatic carbocycles. The molecule has 0 bridgehead atoms. The first-order chi connectivity index (χ1) is 14.3. The van der Waals surface area contributed by atoms with Crippen LogP contribution in [-0.4, -0.2) is 23.1 Å². The van der Waals surface area contributed by atoms with E-state index in [-0.39, 0.29) is 17.9 Å². The van der Waals surface area contributed by atoms with Crippen LogP contribution in [0.25, 0.3) is 0 Å². The van der Waals surface area contributed by atoms with E-state index < -0.39 is 23.8 Å². The maximum atomic E-state index is 13.7. The minimum atomic E-state index is -1.12. The van der Waals surface area contributed by atoms with Crippen LogP contribution in [0.15, 0.2) is 53.1 Å². The molecule has 0 saturated heterocycles. The third-order valence-electron chi connectivity index (χ3n) is 4.42. The number of para-hydroxylation sites is 1. The zero-order valence-corrected chi connectivity index (χ0v) is 16.8. The molecule has 0 fully saturated rings. The van der Waals surface area contributed by atoms with Crippen LogP contribution in [0.2, 0.25) is 0 Å². The maximum Gasteiger partial charge on any atom is 0.339 e. The number of benzene rings is 2. The standard InChI is InChI=1S/C22H21FN2O5/c1-13-18(14(2)30-25-13)12-28-17-8-6-7-16(11-17)22(27)29-15(3)21(26)24-20-10-5-4-9-19(20)23/h4-11,15H,12H2,1-3H3,(H,24,26)/t15-/m0/s1. The Kier molecular flexibility index (Phi) is 6.46. The van der Waals surface area contributed by atoms with Crippen LogP contribution >= 0.6 is 0 Å². The van der Waals surface area contributed by atoms with E-state index in [9.17, 15) is 14.0 Å². The van der Waals surface area contributed by atoms with Gasteiger partial charge in [0.15, 0.2) is 6.10 Å². The van der Waals surface area contributed by atoms with Gasteiger partial charge in [0.05, 0.1) is 22.5 Å². The number of nitrogens with zero attached hydrogens (tertiary/aromatic N) is 1. The topological polar surface area (TPSA) is 90.7 Å². The van der Waals surface area contributed by atoms with Gasteiger partial charge in [0.2, 0.25) is 0 Å². The lowest BCUT2D eigenvalue weighted by atomic mass is 10.2. The average Bonchev–Trinajstić information content (AvgIpc) is 3.05. The number of hydrogen-bond donors (Lipinski definition) is 1. The molecule has 3 rings (SSSR count). The second kappa shape index (κ2) is 9.21. The van der Waals surface area contributed by atoms with Crippen LogP contribution in [0.5, 0.6) is 5.75 Å². The van der Waals surface area contributed by atoms with Gasteiger partial charge in [-0.25, -0.2) is 9.18 Å². The Morgan fingerprint density at radius 1 is 1.17 bits per heavy atom. The van der Waals surface area contributed by atoms with E-state index in [1.807, 2.05) is 6.92 Å². The van der Waals surface area contributed by atoms with Gasteiger partial charge in [-0.05, 0) is 51.1 Å². The zero-order chi connectivity index (χ0) is 21.7. The monoisotopic (exact) mass is 412 g/mol. The number of esters is 1. The quantitative estimate of drug-likeness (QED) is 0.585. The van der Waals surface area contributed by atoms with Crippen molar-refractivity contribution in [2.75, 3.05) is 5.32 Å². The number of hydrogen-bond acceptors (Lipinski definition) is 6. The molecule has 0 spiro atoms. The molecule has 1 amide bonds. The third-order valence-corrected chi connectivity index (χ3v) is 4.42. The van der Waals surface area contributed by atoms with Crippen molar-refractivity contribution < 1.29 is 28.0 Å². The lowest BCUT2D eigenvalue weighted by Crippen LogP contribution is -2.30. The number of aryl methyl sites for hydroxylation is 2. The predicted molar refractivity (Wildman–Crippen MR) is 107 cm³/mol. The Morgan fingerprint density at radius 2 is 1.93 bits per heavy atom. The van der Waals surface area contributed by atoms with Gasteiger partial charge in [-0.15, -0.1) is 0 Å². The molecule has 0 unspecified atom stereocenters. The first-order valence-electron chi connectivity index (χ1n) is 9.26. The highest BCUT2D eigenvalue weighted by atomic mass is 19.1. The van der Waals surface area contributed by atoms with Crippen molar-refractivity contribution in [2.45, 2.75) is 33.5 Å². The summed E-state index contributed by atoms with van der Waals surface area (Å²) in [5.41, 5.74) is 1.80. The van der Waals surface area contributed by atoms with Crippen molar-refractivity contribution in [3.8, 4) is 5.75 Å². The normalized spacial score (nSPS) is 11.6. The number of nitrogens with one attached hydrogen (secondary N) is 1. The van der Waals surface area contributed by atoms with E-state index in [0.29, 0.717) is 11.5 Å². The molecule has 0 radical (unpaired) electrons. The molecule has 30 heavy (non-hydrogen) atoms. The van der Waals surface area contributed by atoms with Gasteiger partial charge >= 0.3 is 5.97 Å². The second-order valence-electron chi connectivity index (χ2n) is 6.64. The molecule has 7 nitrogen and oxygen atoms in total. The molecule has 0 aliphatic heterocycles. The van der Waals surface area contributed by atoms with Crippen LogP contribution in [0.4, 0.5) is 10.1 Å². The van der Waals surface area contributed by atoms with Gasteiger partial charge in [0.25, 0.3) is 5.91 Å². The molecule has 1 heterocycles. The number of carbonyl (C=O) groups excluding carboxylic acids is 2. The molecule has 1 aromatic heterocycles. The molecule has 0 saturated carbocycles. The van der Waals surface area contributed by atoms with Gasteiger partial charge in [0, 0.05) is 0 Å². The fraction of sp³-hybridized carbons (Fsp3) is 0.227. The predicted octanol–water partition coefficient (Wildman–Crippen LogP) is 4.19. The minimum Gasteiger partial charge on any atom is -0.489 e.